The highest BCUT2D eigenvalue weighted by Gasteiger charge is 2.51. The first-order chi connectivity index (χ1) is 23.8. The van der Waals surface area contributed by atoms with Gasteiger partial charge in [-0.25, -0.2) is 0 Å². The van der Waals surface area contributed by atoms with E-state index >= 15 is 0 Å². The maximum Gasteiger partial charge on any atom is 0.0890 e. The summed E-state index contributed by atoms with van der Waals surface area (Å²) in [7, 11) is 0. The van der Waals surface area contributed by atoms with Gasteiger partial charge in [0.15, 0.2) is 0 Å². The maximum absolute atomic E-state index is 3.77. The molecule has 0 bridgehead atoms. The molecule has 0 unspecified atom stereocenters. The average Bonchev–Trinajstić information content (AvgIpc) is 3.86. The van der Waals surface area contributed by atoms with Crippen LogP contribution in [-0.4, -0.2) is 0 Å². The van der Waals surface area contributed by atoms with Crippen molar-refractivity contribution in [3.8, 4) is 33.4 Å². The summed E-state index contributed by atoms with van der Waals surface area (Å²) in [6, 6.07) is 58.4. The van der Waals surface area contributed by atoms with Crippen molar-refractivity contribution in [3.63, 3.8) is 0 Å². The minimum atomic E-state index is -0.334. The van der Waals surface area contributed by atoms with Crippen molar-refractivity contribution >= 4 is 63.6 Å². The maximum atomic E-state index is 3.77. The van der Waals surface area contributed by atoms with Gasteiger partial charge in [0, 0.05) is 36.9 Å². The predicted octanol–water partition coefficient (Wildman–Crippen LogP) is 13.0. The number of fused-ring (bicyclic) bond motifs is 15. The second-order valence-electron chi connectivity index (χ2n) is 12.9. The summed E-state index contributed by atoms with van der Waals surface area (Å²) in [5, 5.41) is 7.90. The second-order valence-corrected chi connectivity index (χ2v) is 15.2. The Hall–Kier alpha value is -5.48. The van der Waals surface area contributed by atoms with Crippen LogP contribution in [0, 0.1) is 0 Å². The van der Waals surface area contributed by atoms with E-state index < -0.39 is 0 Å². The van der Waals surface area contributed by atoms with Gasteiger partial charge in [0.25, 0.3) is 0 Å². The topological polar surface area (TPSA) is 12.0 Å². The molecule has 0 saturated carbocycles. The van der Waals surface area contributed by atoms with E-state index in [1.807, 2.05) is 22.7 Å². The molecule has 224 valence electrons. The lowest BCUT2D eigenvalue weighted by atomic mass is 9.70. The van der Waals surface area contributed by atoms with E-state index in [2.05, 4.69) is 163 Å². The van der Waals surface area contributed by atoms with Crippen LogP contribution < -0.4 is 5.32 Å². The molecule has 9 aromatic rings. The molecule has 0 fully saturated rings. The first-order valence-corrected chi connectivity index (χ1v) is 18.1. The van der Waals surface area contributed by atoms with E-state index in [0.717, 1.165) is 11.4 Å². The number of hydrogen-bond acceptors (Lipinski definition) is 3. The van der Waals surface area contributed by atoms with E-state index in [1.54, 1.807) is 0 Å². The van der Waals surface area contributed by atoms with Crippen molar-refractivity contribution in [2.24, 2.45) is 0 Å². The fourth-order valence-corrected chi connectivity index (χ4v) is 11.3. The van der Waals surface area contributed by atoms with Crippen LogP contribution >= 0.6 is 22.7 Å². The van der Waals surface area contributed by atoms with Crippen molar-refractivity contribution in [2.45, 2.75) is 5.41 Å². The average molecular weight is 646 g/mol. The van der Waals surface area contributed by atoms with Gasteiger partial charge in [-0.3, -0.25) is 0 Å². The molecule has 2 heterocycles. The van der Waals surface area contributed by atoms with E-state index in [0.29, 0.717) is 0 Å². The Morgan fingerprint density at radius 3 is 1.69 bits per heavy atom. The summed E-state index contributed by atoms with van der Waals surface area (Å²) in [5.74, 6) is 0. The zero-order valence-electron chi connectivity index (χ0n) is 25.8. The lowest BCUT2D eigenvalue weighted by Crippen LogP contribution is -2.25. The molecule has 2 aliphatic rings. The predicted molar refractivity (Wildman–Crippen MR) is 206 cm³/mol. The molecule has 1 spiro atoms. The molecule has 0 saturated heterocycles. The number of thiophene rings is 2. The number of nitrogens with one attached hydrogen (secondary N) is 1. The number of hydrogen-bond donors (Lipinski definition) is 1. The molecule has 0 amide bonds. The van der Waals surface area contributed by atoms with Gasteiger partial charge in [0.1, 0.15) is 0 Å². The summed E-state index contributed by atoms with van der Waals surface area (Å²) < 4.78 is 4.14. The van der Waals surface area contributed by atoms with Crippen LogP contribution in [0.5, 0.6) is 0 Å². The highest BCUT2D eigenvalue weighted by molar-refractivity contribution is 7.44. The fourth-order valence-electron chi connectivity index (χ4n) is 8.59. The Morgan fingerprint density at radius 1 is 0.417 bits per heavy atom. The molecular weight excluding hydrogens is 619 g/mol. The van der Waals surface area contributed by atoms with Gasteiger partial charge < -0.3 is 5.32 Å². The van der Waals surface area contributed by atoms with Crippen LogP contribution in [-0.2, 0) is 5.41 Å². The molecule has 0 radical (unpaired) electrons. The van der Waals surface area contributed by atoms with Crippen LogP contribution in [0.1, 0.15) is 22.3 Å². The van der Waals surface area contributed by atoms with Crippen LogP contribution in [0.4, 0.5) is 11.4 Å². The lowest BCUT2D eigenvalue weighted by molar-refractivity contribution is 0.794. The zero-order chi connectivity index (χ0) is 31.4. The highest BCUT2D eigenvalue weighted by Crippen LogP contribution is 2.63. The summed E-state index contributed by atoms with van der Waals surface area (Å²) in [6.45, 7) is 0. The zero-order valence-corrected chi connectivity index (χ0v) is 27.5. The van der Waals surface area contributed by atoms with E-state index in [1.165, 1.54) is 85.2 Å². The molecule has 2 aromatic heterocycles. The normalized spacial score (nSPS) is 13.6. The summed E-state index contributed by atoms with van der Waals surface area (Å²) in [5.41, 5.74) is 15.2. The molecule has 11 rings (SSSR count). The molecular formula is C45H27NS2. The van der Waals surface area contributed by atoms with Crippen LogP contribution in [0.2, 0.25) is 0 Å². The molecule has 0 aliphatic heterocycles. The van der Waals surface area contributed by atoms with Gasteiger partial charge >= 0.3 is 0 Å². The molecule has 3 heteroatoms. The van der Waals surface area contributed by atoms with E-state index in [-0.39, 0.29) is 5.41 Å². The Balaban J connectivity index is 0.999. The highest BCUT2D eigenvalue weighted by atomic mass is 32.2. The lowest BCUT2D eigenvalue weighted by Gasteiger charge is -2.30. The molecule has 48 heavy (non-hydrogen) atoms. The Morgan fingerprint density at radius 2 is 0.979 bits per heavy atom. The van der Waals surface area contributed by atoms with E-state index in [9.17, 15) is 0 Å². The number of rotatable bonds is 3. The van der Waals surface area contributed by atoms with Crippen LogP contribution in [0.3, 0.4) is 0 Å². The van der Waals surface area contributed by atoms with Crippen LogP contribution in [0.15, 0.2) is 158 Å². The Bertz CT molecular complexity index is 2700. The van der Waals surface area contributed by atoms with Gasteiger partial charge in [-0.15, -0.1) is 22.7 Å². The number of benzene rings is 7. The smallest absolute Gasteiger partial charge is 0.0890 e. The standard InChI is InChI=1S/C45H27NS2/c1-5-16-37-31(10-1)32-11-2-6-17-38(32)45(37)39-18-7-3-12-33(39)34-25-24-29(26-40(34)45)46-28-22-20-27(21-23-28)30-14-9-15-36-42-35-13-4-8-19-41(35)47-44(42)48-43(30)36/h1-26,46H. The van der Waals surface area contributed by atoms with Gasteiger partial charge in [-0.1, -0.05) is 127 Å². The van der Waals surface area contributed by atoms with Crippen LogP contribution in [0.25, 0.3) is 63.0 Å². The van der Waals surface area contributed by atoms with Crippen molar-refractivity contribution in [2.75, 3.05) is 5.32 Å². The monoisotopic (exact) mass is 645 g/mol. The van der Waals surface area contributed by atoms with Crippen molar-refractivity contribution in [3.05, 3.63) is 180 Å². The molecule has 1 N–H and O–H groups in total. The number of anilines is 2. The second kappa shape index (κ2) is 9.77. The van der Waals surface area contributed by atoms with Crippen molar-refractivity contribution in [1.29, 1.82) is 0 Å². The molecule has 2 aliphatic carbocycles. The SMILES string of the molecule is c1ccc2c(c1)-c1ccccc1C21c2ccccc2-c2ccc(Nc3ccc(-c4cccc5c4sc4sc6ccccc6c45)cc3)cc21. The van der Waals surface area contributed by atoms with Crippen molar-refractivity contribution < 1.29 is 0 Å². The minimum absolute atomic E-state index is 0.334. The Labute approximate surface area is 286 Å². The third-order valence-electron chi connectivity index (χ3n) is 10.5. The largest absolute Gasteiger partial charge is 0.356 e. The first-order valence-electron chi connectivity index (χ1n) is 16.4. The third-order valence-corrected chi connectivity index (χ3v) is 13.0. The van der Waals surface area contributed by atoms with Gasteiger partial charge in [-0.2, -0.15) is 0 Å². The summed E-state index contributed by atoms with van der Waals surface area (Å²) >= 11 is 3.83. The minimum Gasteiger partial charge on any atom is -0.356 e. The summed E-state index contributed by atoms with van der Waals surface area (Å²) in [4.78, 5) is 0. The molecule has 0 atom stereocenters. The van der Waals surface area contributed by atoms with E-state index in [4.69, 9.17) is 0 Å². The molecule has 7 aromatic carbocycles. The molecule has 1 nitrogen and oxygen atoms in total. The van der Waals surface area contributed by atoms with Gasteiger partial charge in [-0.05, 0) is 86.0 Å². The van der Waals surface area contributed by atoms with Gasteiger partial charge in [0.05, 0.1) is 9.43 Å². The quantitative estimate of drug-likeness (QED) is 0.202. The first kappa shape index (κ1) is 26.6. The fraction of sp³-hybridized carbons (Fsp3) is 0.0222. The third kappa shape index (κ3) is 3.45. The summed E-state index contributed by atoms with van der Waals surface area (Å²) in [6.07, 6.45) is 0. The Kier molecular flexibility index (Phi) is 5.41. The van der Waals surface area contributed by atoms with Crippen molar-refractivity contribution in [1.82, 2.24) is 0 Å². The van der Waals surface area contributed by atoms with Gasteiger partial charge in [0.2, 0.25) is 0 Å².